The SMILES string of the molecule is CCOC(=O)C(NC(=O)c1c(C)n[nH]c1C)C(=O)OCC. The van der Waals surface area contributed by atoms with E-state index in [4.69, 9.17) is 9.47 Å². The van der Waals surface area contributed by atoms with Gasteiger partial charge in [0.2, 0.25) is 6.04 Å². The van der Waals surface area contributed by atoms with Gasteiger partial charge in [-0.15, -0.1) is 0 Å². The Bertz CT molecular complexity index is 500. The fourth-order valence-electron chi connectivity index (χ4n) is 1.75. The predicted octanol–water partition coefficient (Wildman–Crippen LogP) is 0.251. The van der Waals surface area contributed by atoms with Crippen molar-refractivity contribution < 1.29 is 23.9 Å². The molecule has 0 unspecified atom stereocenters. The molecule has 0 saturated carbocycles. The lowest BCUT2D eigenvalue weighted by Gasteiger charge is -2.15. The Morgan fingerprint density at radius 3 is 2.05 bits per heavy atom. The summed E-state index contributed by atoms with van der Waals surface area (Å²) in [5.74, 6) is -2.31. The largest absolute Gasteiger partial charge is 0.464 e. The van der Waals surface area contributed by atoms with Crippen molar-refractivity contribution in [1.29, 1.82) is 0 Å². The van der Waals surface area contributed by atoms with Crippen LogP contribution in [0.2, 0.25) is 0 Å². The van der Waals surface area contributed by atoms with Gasteiger partial charge in [-0.2, -0.15) is 5.10 Å². The Morgan fingerprint density at radius 2 is 1.67 bits per heavy atom. The van der Waals surface area contributed by atoms with Gasteiger partial charge in [-0.05, 0) is 27.7 Å². The zero-order chi connectivity index (χ0) is 16.0. The second-order valence-corrected chi connectivity index (χ2v) is 4.22. The summed E-state index contributed by atoms with van der Waals surface area (Å²) in [6.45, 7) is 6.70. The molecule has 0 saturated heterocycles. The van der Waals surface area contributed by atoms with E-state index in [1.54, 1.807) is 27.7 Å². The van der Waals surface area contributed by atoms with Gasteiger partial charge in [0, 0.05) is 5.69 Å². The van der Waals surface area contributed by atoms with Gasteiger partial charge in [0.1, 0.15) is 0 Å². The van der Waals surface area contributed by atoms with Crippen LogP contribution in [0.5, 0.6) is 0 Å². The van der Waals surface area contributed by atoms with Crippen LogP contribution >= 0.6 is 0 Å². The molecule has 1 rings (SSSR count). The maximum absolute atomic E-state index is 12.2. The van der Waals surface area contributed by atoms with Crippen LogP contribution in [0.3, 0.4) is 0 Å². The minimum absolute atomic E-state index is 0.0916. The normalized spacial score (nSPS) is 10.3. The Balaban J connectivity index is 2.93. The fourth-order valence-corrected chi connectivity index (χ4v) is 1.75. The number of aryl methyl sites for hydroxylation is 2. The molecule has 0 bridgehead atoms. The highest BCUT2D eigenvalue weighted by Crippen LogP contribution is 2.09. The number of carbonyl (C=O) groups excluding carboxylic acids is 3. The van der Waals surface area contributed by atoms with Crippen molar-refractivity contribution in [3.05, 3.63) is 17.0 Å². The summed E-state index contributed by atoms with van der Waals surface area (Å²) in [6.07, 6.45) is 0. The maximum Gasteiger partial charge on any atom is 0.340 e. The number of aromatic nitrogens is 2. The van der Waals surface area contributed by atoms with E-state index in [1.807, 2.05) is 0 Å². The van der Waals surface area contributed by atoms with Crippen LogP contribution in [0.25, 0.3) is 0 Å². The molecule has 21 heavy (non-hydrogen) atoms. The summed E-state index contributed by atoms with van der Waals surface area (Å²) in [5, 5.41) is 8.87. The number of ether oxygens (including phenoxy) is 2. The average Bonchev–Trinajstić information content (AvgIpc) is 2.75. The quantitative estimate of drug-likeness (QED) is 0.575. The van der Waals surface area contributed by atoms with E-state index in [2.05, 4.69) is 15.5 Å². The first-order valence-corrected chi connectivity index (χ1v) is 6.58. The van der Waals surface area contributed by atoms with Crippen LogP contribution in [0.4, 0.5) is 0 Å². The van der Waals surface area contributed by atoms with E-state index in [0.29, 0.717) is 11.4 Å². The number of hydrogen-bond donors (Lipinski definition) is 2. The van der Waals surface area contributed by atoms with E-state index < -0.39 is 23.9 Å². The molecule has 0 aliphatic heterocycles. The third kappa shape index (κ3) is 4.04. The molecule has 116 valence electrons. The lowest BCUT2D eigenvalue weighted by Crippen LogP contribution is -2.48. The first-order chi connectivity index (χ1) is 9.92. The van der Waals surface area contributed by atoms with Crippen LogP contribution in [-0.4, -0.2) is 47.3 Å². The highest BCUT2D eigenvalue weighted by atomic mass is 16.6. The molecule has 8 heteroatoms. The van der Waals surface area contributed by atoms with Crippen molar-refractivity contribution in [3.8, 4) is 0 Å². The van der Waals surface area contributed by atoms with Gasteiger partial charge in [-0.3, -0.25) is 9.89 Å². The summed E-state index contributed by atoms with van der Waals surface area (Å²) in [5.41, 5.74) is 1.29. The van der Waals surface area contributed by atoms with Gasteiger partial charge in [0.05, 0.1) is 24.5 Å². The van der Waals surface area contributed by atoms with Crippen molar-refractivity contribution in [2.45, 2.75) is 33.7 Å². The molecule has 1 amide bonds. The zero-order valence-corrected chi connectivity index (χ0v) is 12.5. The number of rotatable bonds is 6. The molecule has 0 aromatic carbocycles. The number of nitrogens with zero attached hydrogens (tertiary/aromatic N) is 1. The molecular formula is C13H19N3O5. The van der Waals surface area contributed by atoms with Crippen molar-refractivity contribution in [2.24, 2.45) is 0 Å². The zero-order valence-electron chi connectivity index (χ0n) is 12.5. The van der Waals surface area contributed by atoms with E-state index in [1.165, 1.54) is 0 Å². The summed E-state index contributed by atoms with van der Waals surface area (Å²) >= 11 is 0. The Kier molecular flexibility index (Phi) is 5.89. The Hall–Kier alpha value is -2.38. The van der Waals surface area contributed by atoms with Gasteiger partial charge < -0.3 is 14.8 Å². The summed E-state index contributed by atoms with van der Waals surface area (Å²) in [6, 6.07) is -1.49. The molecule has 2 N–H and O–H groups in total. The second kappa shape index (κ2) is 7.41. The molecule has 0 spiro atoms. The smallest absolute Gasteiger partial charge is 0.340 e. The average molecular weight is 297 g/mol. The van der Waals surface area contributed by atoms with E-state index in [-0.39, 0.29) is 18.8 Å². The lowest BCUT2D eigenvalue weighted by molar-refractivity contribution is -0.157. The molecule has 0 fully saturated rings. The van der Waals surface area contributed by atoms with Gasteiger partial charge in [-0.1, -0.05) is 0 Å². The second-order valence-electron chi connectivity index (χ2n) is 4.22. The number of hydrogen-bond acceptors (Lipinski definition) is 6. The van der Waals surface area contributed by atoms with E-state index in [9.17, 15) is 14.4 Å². The molecule has 1 aromatic rings. The van der Waals surface area contributed by atoms with Gasteiger partial charge in [-0.25, -0.2) is 9.59 Å². The number of H-pyrrole nitrogens is 1. The van der Waals surface area contributed by atoms with Gasteiger partial charge >= 0.3 is 11.9 Å². The van der Waals surface area contributed by atoms with E-state index >= 15 is 0 Å². The number of carbonyl (C=O) groups is 3. The summed E-state index contributed by atoms with van der Waals surface area (Å²) < 4.78 is 9.54. The minimum Gasteiger partial charge on any atom is -0.464 e. The molecule has 8 nitrogen and oxygen atoms in total. The molecular weight excluding hydrogens is 278 g/mol. The number of nitrogens with one attached hydrogen (secondary N) is 2. The first-order valence-electron chi connectivity index (χ1n) is 6.58. The molecule has 0 aliphatic rings. The first kappa shape index (κ1) is 16.7. The van der Waals surface area contributed by atoms with Crippen molar-refractivity contribution >= 4 is 17.8 Å². The van der Waals surface area contributed by atoms with Crippen LogP contribution < -0.4 is 5.32 Å². The Labute approximate surface area is 122 Å². The van der Waals surface area contributed by atoms with Crippen molar-refractivity contribution in [3.63, 3.8) is 0 Å². The van der Waals surface area contributed by atoms with Crippen LogP contribution in [0.15, 0.2) is 0 Å². The highest BCUT2D eigenvalue weighted by molar-refractivity contribution is 6.06. The topological polar surface area (TPSA) is 110 Å². The van der Waals surface area contributed by atoms with Crippen LogP contribution in [-0.2, 0) is 19.1 Å². The van der Waals surface area contributed by atoms with Crippen LogP contribution in [0, 0.1) is 13.8 Å². The number of esters is 2. The van der Waals surface area contributed by atoms with Crippen molar-refractivity contribution in [2.75, 3.05) is 13.2 Å². The van der Waals surface area contributed by atoms with E-state index in [0.717, 1.165) is 0 Å². The van der Waals surface area contributed by atoms with Gasteiger partial charge in [0.15, 0.2) is 0 Å². The molecule has 0 radical (unpaired) electrons. The lowest BCUT2D eigenvalue weighted by atomic mass is 10.1. The standard InChI is InChI=1S/C13H19N3O5/c1-5-20-12(18)10(13(19)21-6-2)14-11(17)9-7(3)15-16-8(9)4/h10H,5-6H2,1-4H3,(H,14,17)(H,15,16). The molecule has 0 aliphatic carbocycles. The Morgan fingerprint density at radius 1 is 1.14 bits per heavy atom. The fraction of sp³-hybridized carbons (Fsp3) is 0.538. The highest BCUT2D eigenvalue weighted by Gasteiger charge is 2.32. The predicted molar refractivity (Wildman–Crippen MR) is 72.6 cm³/mol. The van der Waals surface area contributed by atoms with Gasteiger partial charge in [0.25, 0.3) is 5.91 Å². The summed E-state index contributed by atoms with van der Waals surface area (Å²) in [4.78, 5) is 35.7. The monoisotopic (exact) mass is 297 g/mol. The third-order valence-corrected chi connectivity index (χ3v) is 2.68. The minimum atomic E-state index is -1.49. The molecule has 1 aromatic heterocycles. The number of aromatic amines is 1. The summed E-state index contributed by atoms with van der Waals surface area (Å²) in [7, 11) is 0. The van der Waals surface area contributed by atoms with Crippen molar-refractivity contribution in [1.82, 2.24) is 15.5 Å². The number of amides is 1. The third-order valence-electron chi connectivity index (χ3n) is 2.68. The molecule has 1 heterocycles. The van der Waals surface area contributed by atoms with Crippen LogP contribution in [0.1, 0.15) is 35.6 Å². The molecule has 0 atom stereocenters. The maximum atomic E-state index is 12.2.